The van der Waals surface area contributed by atoms with Crippen molar-refractivity contribution in [2.75, 3.05) is 6.54 Å². The normalized spacial score (nSPS) is 21.8. The van der Waals surface area contributed by atoms with Crippen molar-refractivity contribution in [3.63, 3.8) is 0 Å². The van der Waals surface area contributed by atoms with E-state index in [1.165, 1.54) is 11.2 Å². The fourth-order valence-electron chi connectivity index (χ4n) is 2.43. The molecule has 0 spiro atoms. The van der Waals surface area contributed by atoms with Gasteiger partial charge in [-0.3, -0.25) is 4.79 Å². The van der Waals surface area contributed by atoms with Crippen LogP contribution < -0.4 is 0 Å². The van der Waals surface area contributed by atoms with E-state index in [1.54, 1.807) is 24.3 Å². The Balaban J connectivity index is 2.38. The maximum atomic E-state index is 12.4. The lowest BCUT2D eigenvalue weighted by Gasteiger charge is -2.26. The van der Waals surface area contributed by atoms with Crippen LogP contribution in [0.1, 0.15) is 31.4 Å². The first-order valence-corrected chi connectivity index (χ1v) is 8.21. The predicted octanol–water partition coefficient (Wildman–Crippen LogP) is 2.28. The van der Waals surface area contributed by atoms with Gasteiger partial charge in [-0.1, -0.05) is 29.8 Å². The molecule has 0 amide bonds. The van der Waals surface area contributed by atoms with Crippen LogP contribution in [0.2, 0.25) is 5.02 Å². The molecular weight excluding hydrogens is 302 g/mol. The Morgan fingerprint density at radius 1 is 1.45 bits per heavy atom. The number of hydrogen-bond donors (Lipinski definition) is 1. The molecule has 7 heteroatoms. The number of halogens is 1. The molecule has 1 aliphatic rings. The third kappa shape index (κ3) is 2.68. The summed E-state index contributed by atoms with van der Waals surface area (Å²) >= 11 is 6.12. The van der Waals surface area contributed by atoms with Crippen molar-refractivity contribution >= 4 is 27.6 Å². The molecule has 5 nitrogen and oxygen atoms in total. The van der Waals surface area contributed by atoms with Crippen molar-refractivity contribution in [3.8, 4) is 0 Å². The molecule has 0 aliphatic carbocycles. The maximum Gasteiger partial charge on any atom is 0.323 e. The van der Waals surface area contributed by atoms with Crippen LogP contribution >= 0.6 is 11.6 Å². The van der Waals surface area contributed by atoms with Gasteiger partial charge in [-0.15, -0.1) is 0 Å². The Labute approximate surface area is 123 Å². The minimum Gasteiger partial charge on any atom is -0.480 e. The number of benzene rings is 1. The van der Waals surface area contributed by atoms with E-state index in [4.69, 9.17) is 16.7 Å². The standard InChI is InChI=1S/C13H16ClNO4S/c1-9(13(16)17)20(18,19)15-8-4-7-12(15)10-5-2-3-6-11(10)14/h2-3,5-6,9,12H,4,7-8H2,1H3,(H,16,17). The fourth-order valence-corrected chi connectivity index (χ4v) is 4.31. The van der Waals surface area contributed by atoms with Crippen molar-refractivity contribution in [2.45, 2.75) is 31.1 Å². The van der Waals surface area contributed by atoms with Crippen LogP contribution in [-0.4, -0.2) is 35.6 Å². The third-order valence-electron chi connectivity index (χ3n) is 3.59. The average molecular weight is 318 g/mol. The lowest BCUT2D eigenvalue weighted by atomic mass is 10.1. The van der Waals surface area contributed by atoms with Crippen LogP contribution in [0, 0.1) is 0 Å². The van der Waals surface area contributed by atoms with Crippen LogP contribution in [-0.2, 0) is 14.8 Å². The zero-order valence-corrected chi connectivity index (χ0v) is 12.6. The summed E-state index contributed by atoms with van der Waals surface area (Å²) in [4.78, 5) is 11.0. The number of carbonyl (C=O) groups is 1. The number of sulfonamides is 1. The number of nitrogens with zero attached hydrogens (tertiary/aromatic N) is 1. The highest BCUT2D eigenvalue weighted by Crippen LogP contribution is 2.38. The molecule has 0 saturated carbocycles. The molecule has 1 aliphatic heterocycles. The highest BCUT2D eigenvalue weighted by atomic mass is 35.5. The minimum atomic E-state index is -3.88. The van der Waals surface area contributed by atoms with Gasteiger partial charge >= 0.3 is 5.97 Å². The summed E-state index contributed by atoms with van der Waals surface area (Å²) in [5.41, 5.74) is 0.729. The van der Waals surface area contributed by atoms with Gasteiger partial charge in [-0.25, -0.2) is 8.42 Å². The van der Waals surface area contributed by atoms with Gasteiger partial charge in [-0.05, 0) is 31.4 Å². The monoisotopic (exact) mass is 317 g/mol. The zero-order valence-electron chi connectivity index (χ0n) is 11.0. The van der Waals surface area contributed by atoms with E-state index in [0.717, 1.165) is 5.56 Å². The molecule has 1 heterocycles. The van der Waals surface area contributed by atoms with Crippen LogP contribution in [0.3, 0.4) is 0 Å². The molecule has 2 unspecified atom stereocenters. The smallest absolute Gasteiger partial charge is 0.323 e. The largest absolute Gasteiger partial charge is 0.480 e. The lowest BCUT2D eigenvalue weighted by molar-refractivity contribution is -0.136. The second-order valence-corrected chi connectivity index (χ2v) is 7.43. The van der Waals surface area contributed by atoms with E-state index in [0.29, 0.717) is 24.4 Å². The van der Waals surface area contributed by atoms with Gasteiger partial charge in [-0.2, -0.15) is 4.31 Å². The van der Waals surface area contributed by atoms with E-state index >= 15 is 0 Å². The highest BCUT2D eigenvalue weighted by Gasteiger charge is 2.41. The van der Waals surface area contributed by atoms with Gasteiger partial charge in [0.15, 0.2) is 5.25 Å². The Kier molecular flexibility index (Phi) is 4.36. The summed E-state index contributed by atoms with van der Waals surface area (Å²) in [5.74, 6) is -1.34. The molecule has 1 aromatic carbocycles. The molecule has 0 radical (unpaired) electrons. The summed E-state index contributed by atoms with van der Waals surface area (Å²) in [7, 11) is -3.88. The molecule has 20 heavy (non-hydrogen) atoms. The Morgan fingerprint density at radius 2 is 2.10 bits per heavy atom. The molecule has 0 bridgehead atoms. The minimum absolute atomic E-state index is 0.329. The summed E-state index contributed by atoms with van der Waals surface area (Å²) in [6.45, 7) is 1.52. The molecule has 0 aromatic heterocycles. The molecule has 2 atom stereocenters. The first-order chi connectivity index (χ1) is 9.35. The van der Waals surface area contributed by atoms with Crippen LogP contribution in [0.25, 0.3) is 0 Å². The van der Waals surface area contributed by atoms with Gasteiger partial charge in [0, 0.05) is 11.6 Å². The van der Waals surface area contributed by atoms with Crippen LogP contribution in [0.4, 0.5) is 0 Å². The molecule has 2 rings (SSSR count). The third-order valence-corrected chi connectivity index (χ3v) is 6.12. The molecule has 1 N–H and O–H groups in total. The second-order valence-electron chi connectivity index (χ2n) is 4.82. The Hall–Kier alpha value is -1.11. The van der Waals surface area contributed by atoms with Gasteiger partial charge in [0.2, 0.25) is 10.0 Å². The molecule has 1 fully saturated rings. The van der Waals surface area contributed by atoms with Crippen molar-refractivity contribution < 1.29 is 18.3 Å². The summed E-state index contributed by atoms with van der Waals surface area (Å²) in [6, 6.07) is 6.69. The molecule has 1 aromatic rings. The number of carboxylic acid groups (broad SMARTS) is 1. The van der Waals surface area contributed by atoms with Crippen LogP contribution in [0.15, 0.2) is 24.3 Å². The molecule has 110 valence electrons. The van der Waals surface area contributed by atoms with Crippen molar-refractivity contribution in [3.05, 3.63) is 34.9 Å². The van der Waals surface area contributed by atoms with E-state index in [-0.39, 0.29) is 6.04 Å². The number of aliphatic carboxylic acids is 1. The number of hydrogen-bond acceptors (Lipinski definition) is 3. The quantitative estimate of drug-likeness (QED) is 0.924. The average Bonchev–Trinajstić information content (AvgIpc) is 2.88. The number of carboxylic acids is 1. The van der Waals surface area contributed by atoms with Gasteiger partial charge in [0.25, 0.3) is 0 Å². The van der Waals surface area contributed by atoms with E-state index < -0.39 is 21.2 Å². The lowest BCUT2D eigenvalue weighted by Crippen LogP contribution is -2.40. The van der Waals surface area contributed by atoms with Gasteiger partial charge < -0.3 is 5.11 Å². The van der Waals surface area contributed by atoms with E-state index in [9.17, 15) is 13.2 Å². The fraction of sp³-hybridized carbons (Fsp3) is 0.462. The zero-order chi connectivity index (χ0) is 14.9. The summed E-state index contributed by atoms with van der Waals surface area (Å²) in [5, 5.41) is 8.01. The number of rotatable bonds is 4. The van der Waals surface area contributed by atoms with E-state index in [2.05, 4.69) is 0 Å². The van der Waals surface area contributed by atoms with Gasteiger partial charge in [0.05, 0.1) is 6.04 Å². The molecule has 1 saturated heterocycles. The van der Waals surface area contributed by atoms with Crippen molar-refractivity contribution in [1.29, 1.82) is 0 Å². The van der Waals surface area contributed by atoms with Crippen molar-refractivity contribution in [1.82, 2.24) is 4.31 Å². The molecular formula is C13H16ClNO4S. The summed E-state index contributed by atoms with van der Waals surface area (Å²) in [6.07, 6.45) is 1.34. The topological polar surface area (TPSA) is 74.7 Å². The second kappa shape index (κ2) is 5.71. The Bertz CT molecular complexity index is 617. The van der Waals surface area contributed by atoms with Gasteiger partial charge in [0.1, 0.15) is 0 Å². The van der Waals surface area contributed by atoms with E-state index in [1.807, 2.05) is 0 Å². The first-order valence-electron chi connectivity index (χ1n) is 6.33. The SMILES string of the molecule is CC(C(=O)O)S(=O)(=O)N1CCCC1c1ccccc1Cl. The predicted molar refractivity (Wildman–Crippen MR) is 76.2 cm³/mol. The van der Waals surface area contributed by atoms with Crippen molar-refractivity contribution in [2.24, 2.45) is 0 Å². The highest BCUT2D eigenvalue weighted by molar-refractivity contribution is 7.90. The summed E-state index contributed by atoms with van der Waals surface area (Å²) < 4.78 is 26.0. The Morgan fingerprint density at radius 3 is 2.70 bits per heavy atom. The maximum absolute atomic E-state index is 12.4. The first kappa shape index (κ1) is 15.3. The van der Waals surface area contributed by atoms with Crippen LogP contribution in [0.5, 0.6) is 0 Å².